The lowest BCUT2D eigenvalue weighted by molar-refractivity contribution is 1.07. The third kappa shape index (κ3) is 1.92. The first kappa shape index (κ1) is 7.41. The Labute approximate surface area is 64.7 Å². The van der Waals surface area contributed by atoms with E-state index in [4.69, 9.17) is 23.1 Å². The molecule has 0 aromatic carbocycles. The highest BCUT2D eigenvalue weighted by Crippen LogP contribution is 2.24. The summed E-state index contributed by atoms with van der Waals surface area (Å²) in [6, 6.07) is 0.394. The van der Waals surface area contributed by atoms with Crippen LogP contribution in [0.4, 0.5) is 0 Å². The van der Waals surface area contributed by atoms with Crippen molar-refractivity contribution in [1.29, 1.82) is 0 Å². The quantitative estimate of drug-likeness (QED) is 0.578. The van der Waals surface area contributed by atoms with E-state index >= 15 is 0 Å². The average Bonchev–Trinajstić information content (AvgIpc) is 2.70. The van der Waals surface area contributed by atoms with E-state index in [-0.39, 0.29) is 0 Å². The lowest BCUT2D eigenvalue weighted by Crippen LogP contribution is -2.08. The molecule has 0 aliphatic heterocycles. The van der Waals surface area contributed by atoms with Crippen LogP contribution in [0, 0.1) is 0 Å². The van der Waals surface area contributed by atoms with Crippen LogP contribution in [-0.2, 0) is 0 Å². The molecular weight excluding hydrogens is 150 g/mol. The second-order valence-corrected chi connectivity index (χ2v) is 2.63. The molecule has 0 spiro atoms. The van der Waals surface area contributed by atoms with E-state index in [9.17, 15) is 0 Å². The predicted octanol–water partition coefficient (Wildman–Crippen LogP) is 0.545. The van der Waals surface area contributed by atoms with E-state index < -0.39 is 0 Å². The van der Waals surface area contributed by atoms with Crippen LogP contribution < -0.4 is 11.5 Å². The topological polar surface area (TPSA) is 64.4 Å². The molecule has 3 nitrogen and oxygen atoms in total. The Morgan fingerprint density at radius 1 is 1.60 bits per heavy atom. The fourth-order valence-electron chi connectivity index (χ4n) is 0.507. The van der Waals surface area contributed by atoms with Crippen molar-refractivity contribution in [3.8, 4) is 0 Å². The molecular formula is C6H10ClN3. The summed E-state index contributed by atoms with van der Waals surface area (Å²) in [6.45, 7) is 0. The summed E-state index contributed by atoms with van der Waals surface area (Å²) in [6.07, 6.45) is 3.50. The number of halogens is 1. The first-order chi connectivity index (χ1) is 4.74. The van der Waals surface area contributed by atoms with Crippen LogP contribution in [0.3, 0.4) is 0 Å². The largest absolute Gasteiger partial charge is 0.403 e. The van der Waals surface area contributed by atoms with Crippen molar-refractivity contribution in [3.63, 3.8) is 0 Å². The molecule has 4 N–H and O–H groups in total. The minimum Gasteiger partial charge on any atom is -0.403 e. The molecule has 0 amide bonds. The Kier molecular flexibility index (Phi) is 2.17. The standard InChI is InChI=1S/C6H10ClN3/c7-6(5(9)3-8)10-4-1-2-4/h3-4H,1-2,8-9H2. The van der Waals surface area contributed by atoms with Crippen LogP contribution in [-0.4, -0.2) is 11.2 Å². The van der Waals surface area contributed by atoms with Gasteiger partial charge < -0.3 is 11.5 Å². The number of rotatable bonds is 2. The summed E-state index contributed by atoms with van der Waals surface area (Å²) in [7, 11) is 0. The molecule has 1 saturated carbocycles. The maximum Gasteiger partial charge on any atom is 0.148 e. The van der Waals surface area contributed by atoms with Gasteiger partial charge in [-0.3, -0.25) is 4.99 Å². The molecule has 0 unspecified atom stereocenters. The first-order valence-corrected chi connectivity index (χ1v) is 3.53. The van der Waals surface area contributed by atoms with Crippen molar-refractivity contribution in [1.82, 2.24) is 0 Å². The minimum absolute atomic E-state index is 0.338. The Morgan fingerprint density at radius 3 is 2.60 bits per heavy atom. The summed E-state index contributed by atoms with van der Waals surface area (Å²) >= 11 is 5.64. The maximum absolute atomic E-state index is 5.64. The molecule has 0 bridgehead atoms. The number of hydrogen-bond donors (Lipinski definition) is 2. The molecule has 1 aliphatic rings. The smallest absolute Gasteiger partial charge is 0.148 e. The zero-order valence-corrected chi connectivity index (χ0v) is 6.30. The third-order valence-electron chi connectivity index (χ3n) is 1.26. The van der Waals surface area contributed by atoms with Gasteiger partial charge in [0.2, 0.25) is 0 Å². The van der Waals surface area contributed by atoms with E-state index in [1.807, 2.05) is 0 Å². The van der Waals surface area contributed by atoms with E-state index in [0.717, 1.165) is 12.8 Å². The van der Waals surface area contributed by atoms with Crippen LogP contribution in [0.15, 0.2) is 16.9 Å². The van der Waals surface area contributed by atoms with Crippen molar-refractivity contribution in [2.75, 3.05) is 0 Å². The lowest BCUT2D eigenvalue weighted by atomic mass is 10.5. The Balaban J connectivity index is 2.53. The average molecular weight is 160 g/mol. The highest BCUT2D eigenvalue weighted by atomic mass is 35.5. The van der Waals surface area contributed by atoms with Gasteiger partial charge in [-0.1, -0.05) is 11.6 Å². The second-order valence-electron chi connectivity index (χ2n) is 2.27. The van der Waals surface area contributed by atoms with Crippen LogP contribution in [0.1, 0.15) is 12.8 Å². The number of hydrogen-bond acceptors (Lipinski definition) is 3. The van der Waals surface area contributed by atoms with Crippen molar-refractivity contribution in [2.24, 2.45) is 16.5 Å². The molecule has 0 radical (unpaired) electrons. The molecule has 56 valence electrons. The molecule has 1 rings (SSSR count). The molecule has 1 fully saturated rings. The molecule has 0 saturated heterocycles. The Morgan fingerprint density at radius 2 is 2.20 bits per heavy atom. The van der Waals surface area contributed by atoms with Gasteiger partial charge in [0.05, 0.1) is 11.7 Å². The molecule has 0 heterocycles. The van der Waals surface area contributed by atoms with E-state index in [0.29, 0.717) is 16.9 Å². The summed E-state index contributed by atoms with van der Waals surface area (Å²) in [5.74, 6) is 0. The van der Waals surface area contributed by atoms with Crippen molar-refractivity contribution >= 4 is 16.8 Å². The van der Waals surface area contributed by atoms with Gasteiger partial charge in [0.1, 0.15) is 5.17 Å². The fraction of sp³-hybridized carbons (Fsp3) is 0.500. The minimum atomic E-state index is 0.338. The molecule has 0 atom stereocenters. The maximum atomic E-state index is 5.64. The number of aliphatic imine (C=N–C) groups is 1. The molecule has 1 aliphatic carbocycles. The number of nitrogens with two attached hydrogens (primary N) is 2. The van der Waals surface area contributed by atoms with Gasteiger partial charge >= 0.3 is 0 Å². The number of allylic oxidation sites excluding steroid dienone is 1. The van der Waals surface area contributed by atoms with Gasteiger partial charge in [-0.25, -0.2) is 0 Å². The van der Waals surface area contributed by atoms with E-state index in [1.165, 1.54) is 6.20 Å². The molecule has 0 aromatic rings. The second kappa shape index (κ2) is 2.92. The van der Waals surface area contributed by atoms with Crippen molar-refractivity contribution in [3.05, 3.63) is 11.9 Å². The lowest BCUT2D eigenvalue weighted by Gasteiger charge is -1.94. The zero-order valence-electron chi connectivity index (χ0n) is 5.55. The normalized spacial score (nSPS) is 21.3. The SMILES string of the molecule is NC=C(N)C(Cl)=NC1CC1. The highest BCUT2D eigenvalue weighted by Gasteiger charge is 2.20. The van der Waals surface area contributed by atoms with Crippen molar-refractivity contribution in [2.45, 2.75) is 18.9 Å². The van der Waals surface area contributed by atoms with Gasteiger partial charge in [0, 0.05) is 6.20 Å². The van der Waals surface area contributed by atoms with Gasteiger partial charge in [-0.05, 0) is 12.8 Å². The van der Waals surface area contributed by atoms with Crippen molar-refractivity contribution < 1.29 is 0 Å². The summed E-state index contributed by atoms with van der Waals surface area (Å²) in [5.41, 5.74) is 10.8. The Bertz CT molecular complexity index is 181. The van der Waals surface area contributed by atoms with Crippen LogP contribution >= 0.6 is 11.6 Å². The monoisotopic (exact) mass is 159 g/mol. The highest BCUT2D eigenvalue weighted by molar-refractivity contribution is 6.69. The van der Waals surface area contributed by atoms with E-state index in [1.54, 1.807) is 0 Å². The summed E-state index contributed by atoms with van der Waals surface area (Å²) in [4.78, 5) is 4.07. The molecule has 0 aromatic heterocycles. The van der Waals surface area contributed by atoms with Gasteiger partial charge in [-0.2, -0.15) is 0 Å². The predicted molar refractivity (Wildman–Crippen MR) is 42.8 cm³/mol. The summed E-state index contributed by atoms with van der Waals surface area (Å²) in [5, 5.41) is 0.338. The molecule has 10 heavy (non-hydrogen) atoms. The number of nitrogens with zero attached hydrogens (tertiary/aromatic N) is 1. The van der Waals surface area contributed by atoms with Gasteiger partial charge in [-0.15, -0.1) is 0 Å². The van der Waals surface area contributed by atoms with Crippen LogP contribution in [0.5, 0.6) is 0 Å². The zero-order chi connectivity index (χ0) is 7.56. The van der Waals surface area contributed by atoms with Crippen LogP contribution in [0.2, 0.25) is 0 Å². The van der Waals surface area contributed by atoms with Gasteiger partial charge in [0.25, 0.3) is 0 Å². The molecule has 4 heteroatoms. The third-order valence-corrected chi connectivity index (χ3v) is 1.58. The van der Waals surface area contributed by atoms with Gasteiger partial charge in [0.15, 0.2) is 0 Å². The first-order valence-electron chi connectivity index (χ1n) is 3.15. The fourth-order valence-corrected chi connectivity index (χ4v) is 0.708. The van der Waals surface area contributed by atoms with Crippen LogP contribution in [0.25, 0.3) is 0 Å². The van der Waals surface area contributed by atoms with E-state index in [2.05, 4.69) is 4.99 Å². The Hall–Kier alpha value is -0.700. The summed E-state index contributed by atoms with van der Waals surface area (Å²) < 4.78 is 0.